The third kappa shape index (κ3) is 3.91. The first kappa shape index (κ1) is 19.2. The molecule has 0 saturated carbocycles. The van der Waals surface area contributed by atoms with E-state index in [0.29, 0.717) is 32.5 Å². The van der Waals surface area contributed by atoms with E-state index in [4.69, 9.17) is 5.11 Å². The zero-order valence-electron chi connectivity index (χ0n) is 16.0. The minimum atomic E-state index is -1.20. The van der Waals surface area contributed by atoms with Gasteiger partial charge in [0.05, 0.1) is 0 Å². The molecule has 1 atom stereocenters. The van der Waals surface area contributed by atoms with Crippen LogP contribution in [0.3, 0.4) is 0 Å². The molecule has 2 aliphatic heterocycles. The van der Waals surface area contributed by atoms with Crippen molar-refractivity contribution in [3.8, 4) is 0 Å². The highest BCUT2D eigenvalue weighted by molar-refractivity contribution is 5.86. The summed E-state index contributed by atoms with van der Waals surface area (Å²) in [4.78, 5) is 44.2. The Labute approximate surface area is 158 Å². The fourth-order valence-electron chi connectivity index (χ4n) is 3.84. The van der Waals surface area contributed by atoms with Gasteiger partial charge in [0, 0.05) is 44.0 Å². The zero-order chi connectivity index (χ0) is 19.8. The number of imidazole rings is 1. The van der Waals surface area contributed by atoms with Crippen molar-refractivity contribution < 1.29 is 19.5 Å². The average molecular weight is 377 g/mol. The van der Waals surface area contributed by atoms with Crippen molar-refractivity contribution in [1.29, 1.82) is 0 Å². The minimum Gasteiger partial charge on any atom is -0.465 e. The number of hydrogen-bond acceptors (Lipinski definition) is 4. The number of aromatic nitrogens is 2. The van der Waals surface area contributed by atoms with E-state index < -0.39 is 17.6 Å². The van der Waals surface area contributed by atoms with Crippen LogP contribution in [0.4, 0.5) is 9.59 Å². The molecule has 3 amide bonds. The Morgan fingerprint density at radius 2 is 1.93 bits per heavy atom. The molecule has 0 radical (unpaired) electrons. The topological polar surface area (TPSA) is 108 Å². The SMILES string of the molecule is CC(C)(C)[C@@H](NC(=O)O)C(=O)N1CCC(N2CCc3cncn3C2=O)CC1. The van der Waals surface area contributed by atoms with E-state index in [1.807, 2.05) is 25.7 Å². The van der Waals surface area contributed by atoms with Gasteiger partial charge in [-0.25, -0.2) is 14.6 Å². The van der Waals surface area contributed by atoms with Gasteiger partial charge in [0.1, 0.15) is 12.4 Å². The van der Waals surface area contributed by atoms with E-state index in [1.54, 1.807) is 22.0 Å². The molecule has 2 N–H and O–H groups in total. The predicted molar refractivity (Wildman–Crippen MR) is 97.4 cm³/mol. The van der Waals surface area contributed by atoms with Gasteiger partial charge in [-0.1, -0.05) is 20.8 Å². The lowest BCUT2D eigenvalue weighted by Gasteiger charge is -2.42. The summed E-state index contributed by atoms with van der Waals surface area (Å²) in [5, 5.41) is 11.4. The van der Waals surface area contributed by atoms with Crippen LogP contribution < -0.4 is 5.32 Å². The Morgan fingerprint density at radius 1 is 1.26 bits per heavy atom. The number of nitrogens with zero attached hydrogens (tertiary/aromatic N) is 4. The summed E-state index contributed by atoms with van der Waals surface area (Å²) in [6, 6.07) is -0.770. The van der Waals surface area contributed by atoms with Gasteiger partial charge in [-0.2, -0.15) is 0 Å². The van der Waals surface area contributed by atoms with E-state index >= 15 is 0 Å². The van der Waals surface area contributed by atoms with Crippen molar-refractivity contribution in [3.05, 3.63) is 18.2 Å². The molecule has 9 nitrogen and oxygen atoms in total. The first-order valence-electron chi connectivity index (χ1n) is 9.29. The van der Waals surface area contributed by atoms with Gasteiger partial charge in [-0.15, -0.1) is 0 Å². The summed E-state index contributed by atoms with van der Waals surface area (Å²) in [5.41, 5.74) is 0.407. The molecule has 0 unspecified atom stereocenters. The van der Waals surface area contributed by atoms with Gasteiger partial charge in [0.2, 0.25) is 5.91 Å². The van der Waals surface area contributed by atoms with Crippen molar-refractivity contribution in [2.45, 2.75) is 52.1 Å². The van der Waals surface area contributed by atoms with Crippen molar-refractivity contribution in [2.24, 2.45) is 5.41 Å². The third-order valence-electron chi connectivity index (χ3n) is 5.37. The highest BCUT2D eigenvalue weighted by atomic mass is 16.4. The number of likely N-dealkylation sites (tertiary alicyclic amines) is 1. The van der Waals surface area contributed by atoms with E-state index in [9.17, 15) is 14.4 Å². The number of piperidine rings is 1. The van der Waals surface area contributed by atoms with Crippen LogP contribution in [-0.2, 0) is 11.2 Å². The molecule has 3 rings (SSSR count). The standard InChI is InChI=1S/C18H27N5O4/c1-18(2,3)14(20-16(25)26)15(24)21-7-4-12(5-8-21)22-9-6-13-10-19-11-23(13)17(22)27/h10-12,14,20H,4-9H2,1-3H3,(H,25,26)/t14-/m0/s1. The largest absolute Gasteiger partial charge is 0.465 e. The molecule has 3 heterocycles. The van der Waals surface area contributed by atoms with Crippen LogP contribution in [0.5, 0.6) is 0 Å². The molecule has 1 aromatic heterocycles. The van der Waals surface area contributed by atoms with Crippen LogP contribution in [0, 0.1) is 5.41 Å². The Hall–Kier alpha value is -2.58. The van der Waals surface area contributed by atoms with Crippen LogP contribution in [0.15, 0.2) is 12.5 Å². The van der Waals surface area contributed by atoms with Gasteiger partial charge in [0.25, 0.3) is 0 Å². The maximum Gasteiger partial charge on any atom is 0.405 e. The molecular weight excluding hydrogens is 350 g/mol. The highest BCUT2D eigenvalue weighted by Crippen LogP contribution is 2.25. The smallest absolute Gasteiger partial charge is 0.405 e. The van der Waals surface area contributed by atoms with Gasteiger partial charge >= 0.3 is 12.1 Å². The average Bonchev–Trinajstić information content (AvgIpc) is 3.08. The van der Waals surface area contributed by atoms with Gasteiger partial charge in [-0.05, 0) is 18.3 Å². The van der Waals surface area contributed by atoms with Crippen LogP contribution >= 0.6 is 0 Å². The molecule has 27 heavy (non-hydrogen) atoms. The number of amides is 3. The summed E-state index contributed by atoms with van der Waals surface area (Å²) in [6.07, 6.45) is 4.22. The number of hydrogen-bond donors (Lipinski definition) is 2. The van der Waals surface area contributed by atoms with Crippen LogP contribution in [0.1, 0.15) is 39.3 Å². The van der Waals surface area contributed by atoms with Crippen molar-refractivity contribution in [1.82, 2.24) is 24.7 Å². The Bertz CT molecular complexity index is 730. The number of carboxylic acid groups (broad SMARTS) is 1. The summed E-state index contributed by atoms with van der Waals surface area (Å²) >= 11 is 0. The molecular formula is C18H27N5O4. The summed E-state index contributed by atoms with van der Waals surface area (Å²) in [5.74, 6) is -0.204. The van der Waals surface area contributed by atoms with Crippen LogP contribution in [0.25, 0.3) is 0 Å². The summed E-state index contributed by atoms with van der Waals surface area (Å²) < 4.78 is 1.59. The third-order valence-corrected chi connectivity index (χ3v) is 5.37. The van der Waals surface area contributed by atoms with E-state index in [0.717, 1.165) is 12.1 Å². The number of carbonyl (C=O) groups is 3. The van der Waals surface area contributed by atoms with E-state index in [1.165, 1.54) is 0 Å². The van der Waals surface area contributed by atoms with Crippen molar-refractivity contribution in [2.75, 3.05) is 19.6 Å². The Morgan fingerprint density at radius 3 is 2.52 bits per heavy atom. The second-order valence-electron chi connectivity index (χ2n) is 8.29. The molecule has 2 aliphatic rings. The maximum atomic E-state index is 12.9. The van der Waals surface area contributed by atoms with E-state index in [-0.39, 0.29) is 18.0 Å². The van der Waals surface area contributed by atoms with Gasteiger partial charge < -0.3 is 20.2 Å². The van der Waals surface area contributed by atoms with Crippen molar-refractivity contribution in [3.63, 3.8) is 0 Å². The first-order chi connectivity index (χ1) is 12.7. The molecule has 0 aromatic carbocycles. The van der Waals surface area contributed by atoms with E-state index in [2.05, 4.69) is 10.3 Å². The summed E-state index contributed by atoms with van der Waals surface area (Å²) in [6.45, 7) is 7.21. The zero-order valence-corrected chi connectivity index (χ0v) is 16.0. The molecule has 0 aliphatic carbocycles. The quantitative estimate of drug-likeness (QED) is 0.827. The second-order valence-corrected chi connectivity index (χ2v) is 8.29. The van der Waals surface area contributed by atoms with Crippen LogP contribution in [0.2, 0.25) is 0 Å². The number of nitrogens with one attached hydrogen (secondary N) is 1. The molecule has 1 aromatic rings. The number of rotatable bonds is 3. The van der Waals surface area contributed by atoms with Crippen LogP contribution in [-0.4, -0.2) is 74.2 Å². The first-order valence-corrected chi connectivity index (χ1v) is 9.29. The van der Waals surface area contributed by atoms with Gasteiger partial charge in [0.15, 0.2) is 0 Å². The normalized spacial score (nSPS) is 19.6. The Balaban J connectivity index is 1.62. The lowest BCUT2D eigenvalue weighted by molar-refractivity contribution is -0.137. The maximum absolute atomic E-state index is 12.9. The predicted octanol–water partition coefficient (Wildman–Crippen LogP) is 1.38. The molecule has 1 fully saturated rings. The number of carbonyl (C=O) groups excluding carboxylic acids is 2. The molecule has 1 saturated heterocycles. The molecule has 0 spiro atoms. The fourth-order valence-corrected chi connectivity index (χ4v) is 3.84. The summed E-state index contributed by atoms with van der Waals surface area (Å²) in [7, 11) is 0. The minimum absolute atomic E-state index is 0.0568. The Kier molecular flexibility index (Phi) is 5.12. The lowest BCUT2D eigenvalue weighted by atomic mass is 9.85. The monoisotopic (exact) mass is 377 g/mol. The fraction of sp³-hybridized carbons (Fsp3) is 0.667. The molecule has 148 valence electrons. The van der Waals surface area contributed by atoms with Crippen molar-refractivity contribution >= 4 is 18.0 Å². The number of fused-ring (bicyclic) bond motifs is 1. The molecule has 9 heteroatoms. The molecule has 0 bridgehead atoms. The second kappa shape index (κ2) is 7.21. The highest BCUT2D eigenvalue weighted by Gasteiger charge is 2.38. The lowest BCUT2D eigenvalue weighted by Crippen LogP contribution is -2.58. The van der Waals surface area contributed by atoms with Gasteiger partial charge in [-0.3, -0.25) is 9.36 Å².